The predicted octanol–water partition coefficient (Wildman–Crippen LogP) is -0.0562. The molecule has 0 aromatic carbocycles. The Kier molecular flexibility index (Phi) is 2.49. The molecule has 0 unspecified atom stereocenters. The molecule has 2 rings (SSSR count). The number of hydrogen-bond donors (Lipinski definition) is 1. The molecule has 0 radical (unpaired) electrons. The third-order valence-electron chi connectivity index (χ3n) is 2.79. The number of carbonyl (C=O) groups is 1. The number of aliphatic carboxylic acids is 1. The highest BCUT2D eigenvalue weighted by Crippen LogP contribution is 2.29. The molecule has 8 heteroatoms. The van der Waals surface area contributed by atoms with Gasteiger partial charge in [-0.15, -0.1) is 0 Å². The Hall–Kier alpha value is -1.44. The molecule has 0 aliphatic carbocycles. The van der Waals surface area contributed by atoms with E-state index in [9.17, 15) is 13.2 Å². The third-order valence-corrected chi connectivity index (χ3v) is 4.61. The van der Waals surface area contributed by atoms with Crippen LogP contribution in [-0.4, -0.2) is 41.1 Å². The lowest BCUT2D eigenvalue weighted by Crippen LogP contribution is -2.35. The van der Waals surface area contributed by atoms with Gasteiger partial charge in [0.05, 0.1) is 17.4 Å². The van der Waals surface area contributed by atoms with E-state index < -0.39 is 21.2 Å². The third kappa shape index (κ3) is 2.04. The summed E-state index contributed by atoms with van der Waals surface area (Å²) in [6.45, 7) is 2.90. The Bertz CT molecular complexity index is 548. The van der Waals surface area contributed by atoms with Gasteiger partial charge in [0.25, 0.3) is 0 Å². The highest BCUT2D eigenvalue weighted by Gasteiger charge is 2.41. The van der Waals surface area contributed by atoms with E-state index in [1.807, 2.05) is 0 Å². The summed E-state index contributed by atoms with van der Waals surface area (Å²) in [6, 6.07) is 0. The molecule has 0 atom stereocenters. The van der Waals surface area contributed by atoms with Crippen LogP contribution in [0.1, 0.15) is 31.5 Å². The van der Waals surface area contributed by atoms with E-state index in [0.717, 1.165) is 0 Å². The monoisotopic (exact) mass is 260 g/mol. The van der Waals surface area contributed by atoms with Gasteiger partial charge in [0.2, 0.25) is 5.89 Å². The number of rotatable bonds is 3. The van der Waals surface area contributed by atoms with Crippen molar-refractivity contribution in [3.63, 3.8) is 0 Å². The zero-order valence-corrected chi connectivity index (χ0v) is 10.2. The number of aromatic nitrogens is 2. The Morgan fingerprint density at radius 1 is 1.47 bits per heavy atom. The second kappa shape index (κ2) is 3.52. The number of sulfone groups is 1. The maximum atomic E-state index is 11.0. The molecule has 0 amide bonds. The van der Waals surface area contributed by atoms with Crippen molar-refractivity contribution in [2.75, 3.05) is 11.5 Å². The van der Waals surface area contributed by atoms with Gasteiger partial charge in [0.1, 0.15) is 5.41 Å². The van der Waals surface area contributed by atoms with E-state index in [0.29, 0.717) is 0 Å². The Morgan fingerprint density at radius 2 is 2.06 bits per heavy atom. The summed E-state index contributed by atoms with van der Waals surface area (Å²) in [7, 11) is -2.96. The molecule has 1 saturated heterocycles. The second-order valence-electron chi connectivity index (χ2n) is 4.66. The maximum absolute atomic E-state index is 11.0. The van der Waals surface area contributed by atoms with Gasteiger partial charge in [-0.2, -0.15) is 4.98 Å². The Labute approximate surface area is 97.7 Å². The number of carboxylic acids is 1. The van der Waals surface area contributed by atoms with Crippen molar-refractivity contribution in [2.45, 2.75) is 25.2 Å². The zero-order chi connectivity index (χ0) is 12.8. The lowest BCUT2D eigenvalue weighted by Gasteiger charge is -2.22. The van der Waals surface area contributed by atoms with Gasteiger partial charge in [0.15, 0.2) is 15.7 Å². The lowest BCUT2D eigenvalue weighted by atomic mass is 9.94. The molecule has 7 nitrogen and oxygen atoms in total. The molecule has 2 heterocycles. The standard InChI is InChI=1S/C9H12N2O5S/c1-9(2,8(12)13)7-10-6(11-16-7)5-3-17(14,15)4-5/h5H,3-4H2,1-2H3,(H,12,13). The summed E-state index contributed by atoms with van der Waals surface area (Å²) < 4.78 is 26.9. The average molecular weight is 260 g/mol. The minimum Gasteiger partial charge on any atom is -0.480 e. The first-order valence-electron chi connectivity index (χ1n) is 5.00. The van der Waals surface area contributed by atoms with E-state index >= 15 is 0 Å². The normalized spacial score (nSPS) is 19.9. The molecule has 0 saturated carbocycles. The van der Waals surface area contributed by atoms with E-state index in [2.05, 4.69) is 10.1 Å². The summed E-state index contributed by atoms with van der Waals surface area (Å²) in [5, 5.41) is 12.6. The first kappa shape index (κ1) is 12.0. The van der Waals surface area contributed by atoms with E-state index in [4.69, 9.17) is 9.63 Å². The molecular weight excluding hydrogens is 248 g/mol. The van der Waals surface area contributed by atoms with Crippen molar-refractivity contribution >= 4 is 15.8 Å². The molecule has 17 heavy (non-hydrogen) atoms. The first-order valence-corrected chi connectivity index (χ1v) is 6.82. The second-order valence-corrected chi connectivity index (χ2v) is 6.82. The summed E-state index contributed by atoms with van der Waals surface area (Å²) >= 11 is 0. The van der Waals surface area contributed by atoms with Crippen LogP contribution in [0.4, 0.5) is 0 Å². The number of nitrogens with zero attached hydrogens (tertiary/aromatic N) is 2. The molecular formula is C9H12N2O5S. The van der Waals surface area contributed by atoms with Crippen LogP contribution < -0.4 is 0 Å². The molecule has 1 aliphatic heterocycles. The Balaban J connectivity index is 2.20. The van der Waals surface area contributed by atoms with Crippen molar-refractivity contribution in [2.24, 2.45) is 0 Å². The van der Waals surface area contributed by atoms with Gasteiger partial charge in [-0.05, 0) is 13.8 Å². The average Bonchev–Trinajstić information content (AvgIpc) is 2.62. The molecule has 1 aromatic rings. The van der Waals surface area contributed by atoms with E-state index in [-0.39, 0.29) is 29.1 Å². The van der Waals surface area contributed by atoms with Crippen LogP contribution in [0, 0.1) is 0 Å². The van der Waals surface area contributed by atoms with E-state index in [1.54, 1.807) is 0 Å². The fourth-order valence-electron chi connectivity index (χ4n) is 1.46. The summed E-state index contributed by atoms with van der Waals surface area (Å²) in [4.78, 5) is 14.9. The molecule has 1 aliphatic rings. The van der Waals surface area contributed by atoms with Crippen LogP contribution in [-0.2, 0) is 20.0 Å². The highest BCUT2D eigenvalue weighted by molar-refractivity contribution is 7.92. The molecule has 94 valence electrons. The molecule has 1 N–H and O–H groups in total. The topological polar surface area (TPSA) is 110 Å². The number of carboxylic acid groups (broad SMARTS) is 1. The van der Waals surface area contributed by atoms with Gasteiger partial charge >= 0.3 is 5.97 Å². The molecule has 1 fully saturated rings. The van der Waals surface area contributed by atoms with Gasteiger partial charge in [-0.25, -0.2) is 8.42 Å². The van der Waals surface area contributed by atoms with Gasteiger partial charge < -0.3 is 9.63 Å². The van der Waals surface area contributed by atoms with Crippen molar-refractivity contribution in [3.05, 3.63) is 11.7 Å². The van der Waals surface area contributed by atoms with Gasteiger partial charge in [-0.1, -0.05) is 5.16 Å². The number of hydrogen-bond acceptors (Lipinski definition) is 6. The minimum absolute atomic E-state index is 0.000522. The zero-order valence-electron chi connectivity index (χ0n) is 9.37. The van der Waals surface area contributed by atoms with Gasteiger partial charge in [-0.3, -0.25) is 4.79 Å². The van der Waals surface area contributed by atoms with Crippen molar-refractivity contribution < 1.29 is 22.8 Å². The van der Waals surface area contributed by atoms with Gasteiger partial charge in [0, 0.05) is 0 Å². The lowest BCUT2D eigenvalue weighted by molar-refractivity contribution is -0.143. The largest absolute Gasteiger partial charge is 0.480 e. The predicted molar refractivity (Wildman–Crippen MR) is 56.4 cm³/mol. The summed E-state index contributed by atoms with van der Waals surface area (Å²) in [5.74, 6) is -1.09. The van der Waals surface area contributed by atoms with Crippen LogP contribution >= 0.6 is 0 Å². The van der Waals surface area contributed by atoms with Crippen LogP contribution in [0.2, 0.25) is 0 Å². The van der Waals surface area contributed by atoms with E-state index in [1.165, 1.54) is 13.8 Å². The van der Waals surface area contributed by atoms with Crippen molar-refractivity contribution in [1.29, 1.82) is 0 Å². The minimum atomic E-state index is -2.96. The maximum Gasteiger partial charge on any atom is 0.318 e. The fourth-order valence-corrected chi connectivity index (χ4v) is 2.89. The highest BCUT2D eigenvalue weighted by atomic mass is 32.2. The molecule has 0 bridgehead atoms. The smallest absolute Gasteiger partial charge is 0.318 e. The summed E-state index contributed by atoms with van der Waals surface area (Å²) in [6.07, 6.45) is 0. The first-order chi connectivity index (χ1) is 7.72. The Morgan fingerprint density at radius 3 is 2.53 bits per heavy atom. The van der Waals surface area contributed by atoms with Crippen LogP contribution in [0.5, 0.6) is 0 Å². The van der Waals surface area contributed by atoms with Crippen molar-refractivity contribution in [3.8, 4) is 0 Å². The summed E-state index contributed by atoms with van der Waals surface area (Å²) in [5.41, 5.74) is -1.27. The van der Waals surface area contributed by atoms with Crippen LogP contribution in [0.15, 0.2) is 4.52 Å². The van der Waals surface area contributed by atoms with Crippen LogP contribution in [0.25, 0.3) is 0 Å². The SMILES string of the molecule is CC(C)(C(=O)O)c1nc(C2CS(=O)(=O)C2)no1. The van der Waals surface area contributed by atoms with Crippen LogP contribution in [0.3, 0.4) is 0 Å². The van der Waals surface area contributed by atoms with Crippen molar-refractivity contribution in [1.82, 2.24) is 10.1 Å². The molecule has 0 spiro atoms. The molecule has 1 aromatic heterocycles. The fraction of sp³-hybridized carbons (Fsp3) is 0.667. The quantitative estimate of drug-likeness (QED) is 0.810.